The molecule has 2 aromatic rings. The average Bonchev–Trinajstić information content (AvgIpc) is 2.74. The van der Waals surface area contributed by atoms with Crippen LogP contribution in [-0.2, 0) is 4.79 Å². The Morgan fingerprint density at radius 1 is 1.50 bits per heavy atom. The molecule has 0 unspecified atom stereocenters. The van der Waals surface area contributed by atoms with Crippen molar-refractivity contribution >= 4 is 29.4 Å². The highest BCUT2D eigenvalue weighted by Gasteiger charge is 2.09. The minimum absolute atomic E-state index is 0.169. The molecule has 0 aliphatic rings. The quantitative estimate of drug-likeness (QED) is 0.796. The predicted molar refractivity (Wildman–Crippen MR) is 67.0 cm³/mol. The second kappa shape index (κ2) is 5.50. The van der Waals surface area contributed by atoms with Gasteiger partial charge >= 0.3 is 0 Å². The topological polar surface area (TPSA) is 107 Å². The molecule has 0 saturated heterocycles. The molecule has 0 bridgehead atoms. The lowest BCUT2D eigenvalue weighted by molar-refractivity contribution is -0.113. The monoisotopic (exact) mass is 265 g/mol. The van der Waals surface area contributed by atoms with Gasteiger partial charge in [-0.1, -0.05) is 16.9 Å². The summed E-state index contributed by atoms with van der Waals surface area (Å²) < 4.78 is 4.87. The molecule has 0 aliphatic heterocycles. The molecular formula is C10H11N5O2S. The van der Waals surface area contributed by atoms with Crippen molar-refractivity contribution in [2.45, 2.75) is 11.9 Å². The number of carbonyl (C=O) groups is 1. The number of nitrogens with one attached hydrogen (secondary N) is 1. The average molecular weight is 265 g/mol. The zero-order valence-electron chi connectivity index (χ0n) is 9.58. The Hall–Kier alpha value is -2.09. The highest BCUT2D eigenvalue weighted by atomic mass is 32.2. The Labute approximate surface area is 107 Å². The maximum atomic E-state index is 11.6. The number of thioether (sulfide) groups is 1. The van der Waals surface area contributed by atoms with Crippen LogP contribution in [-0.4, -0.2) is 26.8 Å². The van der Waals surface area contributed by atoms with Crippen molar-refractivity contribution in [3.05, 3.63) is 24.2 Å². The summed E-state index contributed by atoms with van der Waals surface area (Å²) in [4.78, 5) is 19.5. The van der Waals surface area contributed by atoms with E-state index in [1.165, 1.54) is 24.2 Å². The van der Waals surface area contributed by atoms with Crippen LogP contribution in [0.3, 0.4) is 0 Å². The Morgan fingerprint density at radius 3 is 2.94 bits per heavy atom. The van der Waals surface area contributed by atoms with E-state index >= 15 is 0 Å². The van der Waals surface area contributed by atoms with Gasteiger partial charge in [0, 0.05) is 18.5 Å². The molecule has 0 radical (unpaired) electrons. The second-order valence-electron chi connectivity index (χ2n) is 3.42. The number of carbonyl (C=O) groups excluding carboxylic acids is 1. The fourth-order valence-electron chi connectivity index (χ4n) is 1.18. The minimum atomic E-state index is -0.221. The first-order chi connectivity index (χ1) is 8.65. The van der Waals surface area contributed by atoms with Crippen LogP contribution in [0.1, 0.15) is 5.69 Å². The van der Waals surface area contributed by atoms with E-state index in [9.17, 15) is 4.79 Å². The van der Waals surface area contributed by atoms with E-state index in [4.69, 9.17) is 10.3 Å². The van der Waals surface area contributed by atoms with Crippen LogP contribution in [0.25, 0.3) is 0 Å². The summed E-state index contributed by atoms with van der Waals surface area (Å²) in [5.74, 6) is 0.583. The lowest BCUT2D eigenvalue weighted by atomic mass is 10.5. The van der Waals surface area contributed by atoms with Crippen LogP contribution in [0.4, 0.5) is 11.7 Å². The summed E-state index contributed by atoms with van der Waals surface area (Å²) in [6.07, 6.45) is 3.02. The molecule has 3 N–H and O–H groups in total. The van der Waals surface area contributed by atoms with Gasteiger partial charge in [-0.25, -0.2) is 9.97 Å². The Kier molecular flexibility index (Phi) is 3.78. The van der Waals surface area contributed by atoms with Crippen molar-refractivity contribution in [3.8, 4) is 0 Å². The molecule has 2 rings (SSSR count). The fraction of sp³-hybridized carbons (Fsp3) is 0.200. The maximum Gasteiger partial charge on any atom is 0.237 e. The number of rotatable bonds is 4. The van der Waals surface area contributed by atoms with Crippen molar-refractivity contribution in [1.29, 1.82) is 0 Å². The summed E-state index contributed by atoms with van der Waals surface area (Å²) >= 11 is 1.21. The molecule has 8 heteroatoms. The third-order valence-corrected chi connectivity index (χ3v) is 2.92. The standard InChI is InChI=1S/C10H11N5O2S/c1-6-4-8(17-15-6)14-7(16)5-18-10-9(11)12-2-3-13-10/h2-4H,5H2,1H3,(H2,11,12)(H,14,16). The molecule has 1 amide bonds. The molecule has 0 atom stereocenters. The summed E-state index contributed by atoms with van der Waals surface area (Å²) in [5.41, 5.74) is 6.31. The number of hydrogen-bond donors (Lipinski definition) is 2. The predicted octanol–water partition coefficient (Wildman–Crippen LogP) is 1.09. The van der Waals surface area contributed by atoms with E-state index in [-0.39, 0.29) is 11.7 Å². The Balaban J connectivity index is 1.87. The van der Waals surface area contributed by atoms with Crippen molar-refractivity contribution < 1.29 is 9.32 Å². The largest absolute Gasteiger partial charge is 0.381 e. The lowest BCUT2D eigenvalue weighted by Gasteiger charge is -2.02. The first kappa shape index (κ1) is 12.4. The van der Waals surface area contributed by atoms with Gasteiger partial charge in [0.1, 0.15) is 5.03 Å². The minimum Gasteiger partial charge on any atom is -0.381 e. The van der Waals surface area contributed by atoms with Crippen LogP contribution in [0.15, 0.2) is 28.0 Å². The van der Waals surface area contributed by atoms with Gasteiger partial charge in [0.25, 0.3) is 0 Å². The third kappa shape index (κ3) is 3.20. The van der Waals surface area contributed by atoms with Gasteiger partial charge in [0.2, 0.25) is 11.8 Å². The summed E-state index contributed by atoms with van der Waals surface area (Å²) in [5, 5.41) is 6.77. The third-order valence-electron chi connectivity index (χ3n) is 1.92. The number of aromatic nitrogens is 3. The molecule has 0 fully saturated rings. The van der Waals surface area contributed by atoms with Crippen LogP contribution in [0, 0.1) is 6.92 Å². The molecule has 0 aliphatic carbocycles. The molecule has 0 saturated carbocycles. The van der Waals surface area contributed by atoms with Crippen LogP contribution in [0.2, 0.25) is 0 Å². The zero-order chi connectivity index (χ0) is 13.0. The Bertz CT molecular complexity index is 557. The normalized spacial score (nSPS) is 10.3. The maximum absolute atomic E-state index is 11.6. The van der Waals surface area contributed by atoms with Gasteiger partial charge in [-0.05, 0) is 6.92 Å². The number of nitrogens with zero attached hydrogens (tertiary/aromatic N) is 3. The van der Waals surface area contributed by atoms with Crippen molar-refractivity contribution in [2.24, 2.45) is 0 Å². The molecule has 7 nitrogen and oxygen atoms in total. The highest BCUT2D eigenvalue weighted by Crippen LogP contribution is 2.19. The Morgan fingerprint density at radius 2 is 2.28 bits per heavy atom. The van der Waals surface area contributed by atoms with Gasteiger partial charge < -0.3 is 10.3 Å². The van der Waals surface area contributed by atoms with Gasteiger partial charge in [-0.2, -0.15) is 0 Å². The second-order valence-corrected chi connectivity index (χ2v) is 4.38. The van der Waals surface area contributed by atoms with Crippen LogP contribution >= 0.6 is 11.8 Å². The molecule has 2 heterocycles. The molecule has 0 spiro atoms. The van der Waals surface area contributed by atoms with Gasteiger partial charge in [0.15, 0.2) is 5.82 Å². The van der Waals surface area contributed by atoms with E-state index in [0.29, 0.717) is 22.4 Å². The first-order valence-electron chi connectivity index (χ1n) is 5.07. The highest BCUT2D eigenvalue weighted by molar-refractivity contribution is 8.00. The summed E-state index contributed by atoms with van der Waals surface area (Å²) in [6, 6.07) is 1.64. The molecular weight excluding hydrogens is 254 g/mol. The lowest BCUT2D eigenvalue weighted by Crippen LogP contribution is -2.13. The van der Waals surface area contributed by atoms with Gasteiger partial charge in [-0.3, -0.25) is 10.1 Å². The van der Waals surface area contributed by atoms with E-state index in [1.807, 2.05) is 0 Å². The number of hydrogen-bond acceptors (Lipinski definition) is 7. The number of nitrogen functional groups attached to an aromatic ring is 1. The van der Waals surface area contributed by atoms with Gasteiger partial charge in [0.05, 0.1) is 11.4 Å². The number of anilines is 2. The smallest absolute Gasteiger partial charge is 0.237 e. The van der Waals surface area contributed by atoms with Crippen LogP contribution in [0.5, 0.6) is 0 Å². The fourth-order valence-corrected chi connectivity index (χ4v) is 1.85. The van der Waals surface area contributed by atoms with Crippen molar-refractivity contribution in [2.75, 3.05) is 16.8 Å². The van der Waals surface area contributed by atoms with Crippen LogP contribution < -0.4 is 11.1 Å². The van der Waals surface area contributed by atoms with Crippen molar-refractivity contribution in [1.82, 2.24) is 15.1 Å². The van der Waals surface area contributed by atoms with E-state index in [1.54, 1.807) is 13.0 Å². The molecule has 0 aromatic carbocycles. The van der Waals surface area contributed by atoms with E-state index < -0.39 is 0 Å². The van der Waals surface area contributed by atoms with E-state index in [2.05, 4.69) is 20.4 Å². The molecule has 94 valence electrons. The number of amides is 1. The molecule has 18 heavy (non-hydrogen) atoms. The van der Waals surface area contributed by atoms with Crippen molar-refractivity contribution in [3.63, 3.8) is 0 Å². The molecule has 2 aromatic heterocycles. The van der Waals surface area contributed by atoms with Gasteiger partial charge in [-0.15, -0.1) is 0 Å². The number of nitrogens with two attached hydrogens (primary N) is 1. The summed E-state index contributed by atoms with van der Waals surface area (Å²) in [6.45, 7) is 1.77. The van der Waals surface area contributed by atoms with E-state index in [0.717, 1.165) is 0 Å². The SMILES string of the molecule is Cc1cc(NC(=O)CSc2nccnc2N)on1. The number of aryl methyl sites for hydroxylation is 1. The zero-order valence-corrected chi connectivity index (χ0v) is 10.4. The first-order valence-corrected chi connectivity index (χ1v) is 6.06. The summed E-state index contributed by atoms with van der Waals surface area (Å²) in [7, 11) is 0.